The van der Waals surface area contributed by atoms with Gasteiger partial charge < -0.3 is 14.2 Å². The summed E-state index contributed by atoms with van der Waals surface area (Å²) in [5.74, 6) is -0.890. The molecule has 0 spiro atoms. The lowest BCUT2D eigenvalue weighted by Crippen LogP contribution is -2.30. The average Bonchev–Trinajstić information content (AvgIpc) is 3.36. The Bertz CT molecular complexity index is 1310. The predicted octanol–water partition coefficient (Wildman–Crippen LogP) is 20.2. The molecular weight excluding hydrogens is 865 g/mol. The van der Waals surface area contributed by atoms with Gasteiger partial charge >= 0.3 is 17.9 Å². The summed E-state index contributed by atoms with van der Waals surface area (Å²) in [4.78, 5) is 38.0. The van der Waals surface area contributed by atoms with Gasteiger partial charge in [0.15, 0.2) is 6.10 Å². The maximum absolute atomic E-state index is 12.8. The molecule has 0 saturated carbocycles. The number of unbranched alkanes of at least 4 members (excludes halogenated alkanes) is 31. The summed E-state index contributed by atoms with van der Waals surface area (Å²) in [5, 5.41) is 0. The normalized spacial score (nSPS) is 12.6. The largest absolute Gasteiger partial charge is 0.462 e. The van der Waals surface area contributed by atoms with Crippen LogP contribution in [0.2, 0.25) is 0 Å². The fraction of sp³-hybridized carbons (Fsp3) is 0.766. The van der Waals surface area contributed by atoms with Crippen molar-refractivity contribution < 1.29 is 28.6 Å². The van der Waals surface area contributed by atoms with E-state index < -0.39 is 6.10 Å². The van der Waals surface area contributed by atoms with Crippen molar-refractivity contribution in [1.29, 1.82) is 0 Å². The van der Waals surface area contributed by atoms with Crippen molar-refractivity contribution in [3.63, 3.8) is 0 Å². The Morgan fingerprint density at radius 3 is 0.943 bits per heavy atom. The molecule has 1 unspecified atom stereocenters. The lowest BCUT2D eigenvalue weighted by Gasteiger charge is -2.18. The van der Waals surface area contributed by atoms with Crippen molar-refractivity contribution in [3.05, 3.63) is 72.9 Å². The molecule has 0 aliphatic heterocycles. The molecule has 0 saturated heterocycles. The highest BCUT2D eigenvalue weighted by molar-refractivity contribution is 5.71. The van der Waals surface area contributed by atoms with E-state index >= 15 is 0 Å². The number of carbonyl (C=O) groups is 3. The Morgan fingerprint density at radius 1 is 0.300 bits per heavy atom. The van der Waals surface area contributed by atoms with Crippen LogP contribution in [0, 0.1) is 0 Å². The molecule has 0 aliphatic carbocycles. The third-order valence-electron chi connectivity index (χ3n) is 12.9. The first kappa shape index (κ1) is 66.9. The van der Waals surface area contributed by atoms with Crippen LogP contribution in [-0.4, -0.2) is 37.2 Å². The molecule has 0 radical (unpaired) electrons. The van der Waals surface area contributed by atoms with Gasteiger partial charge in [0.25, 0.3) is 0 Å². The first-order valence-electron chi connectivity index (χ1n) is 29.9. The number of carbonyl (C=O) groups excluding carboxylic acids is 3. The third-order valence-corrected chi connectivity index (χ3v) is 12.9. The molecule has 1 atom stereocenters. The van der Waals surface area contributed by atoms with E-state index in [1.165, 1.54) is 148 Å². The number of allylic oxidation sites excluding steroid dienone is 12. The molecule has 0 amide bonds. The molecule has 0 bridgehead atoms. The maximum atomic E-state index is 12.8. The summed E-state index contributed by atoms with van der Waals surface area (Å²) in [6, 6.07) is 0. The molecular formula is C64H112O6. The zero-order chi connectivity index (χ0) is 50.7. The van der Waals surface area contributed by atoms with Crippen molar-refractivity contribution in [1.82, 2.24) is 0 Å². The van der Waals surface area contributed by atoms with Crippen molar-refractivity contribution in [2.45, 2.75) is 303 Å². The van der Waals surface area contributed by atoms with Gasteiger partial charge in [-0.3, -0.25) is 14.4 Å². The third kappa shape index (κ3) is 55.8. The van der Waals surface area contributed by atoms with Crippen LogP contribution in [0.25, 0.3) is 0 Å². The van der Waals surface area contributed by atoms with E-state index in [-0.39, 0.29) is 31.1 Å². The molecule has 0 N–H and O–H groups in total. The Morgan fingerprint density at radius 2 is 0.586 bits per heavy atom. The Balaban J connectivity index is 4.12. The second kappa shape index (κ2) is 58.4. The van der Waals surface area contributed by atoms with E-state index in [1.807, 2.05) is 0 Å². The zero-order valence-corrected chi connectivity index (χ0v) is 46.3. The Hall–Kier alpha value is -3.15. The fourth-order valence-electron chi connectivity index (χ4n) is 8.43. The minimum atomic E-state index is -0.780. The van der Waals surface area contributed by atoms with Crippen molar-refractivity contribution in [2.24, 2.45) is 0 Å². The van der Waals surface area contributed by atoms with E-state index in [2.05, 4.69) is 93.7 Å². The molecule has 0 rings (SSSR count). The van der Waals surface area contributed by atoms with E-state index in [0.29, 0.717) is 19.3 Å². The van der Waals surface area contributed by atoms with Gasteiger partial charge in [-0.2, -0.15) is 0 Å². The quantitative estimate of drug-likeness (QED) is 0.0261. The van der Waals surface area contributed by atoms with Crippen molar-refractivity contribution >= 4 is 17.9 Å². The van der Waals surface area contributed by atoms with E-state index in [0.717, 1.165) is 109 Å². The molecule has 0 aromatic rings. The van der Waals surface area contributed by atoms with E-state index in [4.69, 9.17) is 14.2 Å². The summed E-state index contributed by atoms with van der Waals surface area (Å²) < 4.78 is 16.8. The zero-order valence-electron chi connectivity index (χ0n) is 46.3. The molecule has 0 aliphatic rings. The van der Waals surface area contributed by atoms with Gasteiger partial charge in [-0.05, 0) is 103 Å². The van der Waals surface area contributed by atoms with Crippen LogP contribution in [-0.2, 0) is 28.6 Å². The Labute approximate surface area is 433 Å². The lowest BCUT2D eigenvalue weighted by atomic mass is 10.0. The average molecular weight is 978 g/mol. The highest BCUT2D eigenvalue weighted by Crippen LogP contribution is 2.16. The second-order valence-electron chi connectivity index (χ2n) is 19.9. The van der Waals surface area contributed by atoms with Crippen LogP contribution in [0.4, 0.5) is 0 Å². The monoisotopic (exact) mass is 977 g/mol. The van der Waals surface area contributed by atoms with Crippen LogP contribution in [0.3, 0.4) is 0 Å². The second-order valence-corrected chi connectivity index (χ2v) is 19.9. The van der Waals surface area contributed by atoms with Gasteiger partial charge in [-0.15, -0.1) is 0 Å². The highest BCUT2D eigenvalue weighted by atomic mass is 16.6. The van der Waals surface area contributed by atoms with Crippen LogP contribution in [0.15, 0.2) is 72.9 Å². The topological polar surface area (TPSA) is 78.9 Å². The number of esters is 3. The minimum absolute atomic E-state index is 0.0789. The molecule has 404 valence electrons. The predicted molar refractivity (Wildman–Crippen MR) is 302 cm³/mol. The first-order valence-corrected chi connectivity index (χ1v) is 29.9. The Kier molecular flexibility index (Phi) is 55.8. The van der Waals surface area contributed by atoms with Gasteiger partial charge in [0.05, 0.1) is 0 Å². The van der Waals surface area contributed by atoms with Gasteiger partial charge in [0.1, 0.15) is 13.2 Å². The van der Waals surface area contributed by atoms with Crippen LogP contribution in [0.5, 0.6) is 0 Å². The molecule has 0 aromatic carbocycles. The standard InChI is InChI=1S/C64H112O6/c1-4-7-10-13-16-19-22-24-25-26-27-28-29-30-31-32-33-34-35-36-37-38-39-41-42-45-48-51-54-57-63(66)69-60-61(59-68-62(65)56-53-50-47-44-21-18-15-12-9-6-3)70-64(67)58-55-52-49-46-43-40-23-20-17-14-11-8-5-2/h7,10,12,15-16,19-20,23-25,27-28,61H,4-6,8-9,11,13-14,17-18,21-22,26,29-60H2,1-3H3/b10-7-,15-12-,19-16-,23-20-,25-24-,28-27-. The van der Waals surface area contributed by atoms with Gasteiger partial charge in [-0.25, -0.2) is 0 Å². The van der Waals surface area contributed by atoms with Crippen LogP contribution >= 0.6 is 0 Å². The van der Waals surface area contributed by atoms with E-state index in [9.17, 15) is 14.4 Å². The minimum Gasteiger partial charge on any atom is -0.462 e. The summed E-state index contributed by atoms with van der Waals surface area (Å²) in [6.07, 6.45) is 74.9. The number of rotatable bonds is 54. The summed E-state index contributed by atoms with van der Waals surface area (Å²) in [5.41, 5.74) is 0. The lowest BCUT2D eigenvalue weighted by molar-refractivity contribution is -0.167. The summed E-state index contributed by atoms with van der Waals surface area (Å²) in [6.45, 7) is 6.45. The van der Waals surface area contributed by atoms with Crippen molar-refractivity contribution in [2.75, 3.05) is 13.2 Å². The number of hydrogen-bond donors (Lipinski definition) is 0. The summed E-state index contributed by atoms with van der Waals surface area (Å²) >= 11 is 0. The highest BCUT2D eigenvalue weighted by Gasteiger charge is 2.19. The smallest absolute Gasteiger partial charge is 0.306 e. The van der Waals surface area contributed by atoms with Gasteiger partial charge in [0.2, 0.25) is 0 Å². The van der Waals surface area contributed by atoms with Crippen molar-refractivity contribution in [3.8, 4) is 0 Å². The van der Waals surface area contributed by atoms with Gasteiger partial charge in [0, 0.05) is 19.3 Å². The summed E-state index contributed by atoms with van der Waals surface area (Å²) in [7, 11) is 0. The van der Waals surface area contributed by atoms with Gasteiger partial charge in [-0.1, -0.05) is 248 Å². The number of ether oxygens (including phenoxy) is 3. The van der Waals surface area contributed by atoms with Crippen LogP contribution < -0.4 is 0 Å². The first-order chi connectivity index (χ1) is 34.5. The SMILES string of the molecule is CC/C=C\C/C=C\C/C=C\C/C=C\CCCCCCCCCCCCCCCCCCC(=O)OCC(COC(=O)CCCCCCC/C=C\CCC)OC(=O)CCCCCCC/C=C\CCCCCC. The molecule has 6 nitrogen and oxygen atoms in total. The maximum Gasteiger partial charge on any atom is 0.306 e. The fourth-order valence-corrected chi connectivity index (χ4v) is 8.43. The molecule has 70 heavy (non-hydrogen) atoms. The molecule has 0 fully saturated rings. The van der Waals surface area contributed by atoms with E-state index in [1.54, 1.807) is 0 Å². The molecule has 0 aromatic heterocycles. The molecule has 6 heteroatoms. The van der Waals surface area contributed by atoms with Crippen LogP contribution in [0.1, 0.15) is 297 Å². The number of hydrogen-bond acceptors (Lipinski definition) is 6. The molecule has 0 heterocycles.